The zero-order chi connectivity index (χ0) is 37.6. The van der Waals surface area contributed by atoms with E-state index in [1.165, 1.54) is 6.92 Å². The maximum Gasteiger partial charge on any atom is 0.243 e. The summed E-state index contributed by atoms with van der Waals surface area (Å²) < 4.78 is 17.3. The Morgan fingerprint density at radius 3 is 2.36 bits per heavy atom. The van der Waals surface area contributed by atoms with Crippen LogP contribution in [-0.2, 0) is 22.4 Å². The molecule has 2 amide bonds. The van der Waals surface area contributed by atoms with E-state index in [0.717, 1.165) is 27.7 Å². The van der Waals surface area contributed by atoms with E-state index in [1.54, 1.807) is 33.5 Å². The normalized spacial score (nSPS) is 15.2. The predicted octanol–water partition coefficient (Wildman–Crippen LogP) is 6.67. The van der Waals surface area contributed by atoms with Crippen molar-refractivity contribution in [2.45, 2.75) is 64.6 Å². The Bertz CT molecular complexity index is 2130. The Kier molecular flexibility index (Phi) is 11.3. The fraction of sp³-hybridized carbons (Fsp3) is 0.333. The molecule has 0 bridgehead atoms. The van der Waals surface area contributed by atoms with Crippen LogP contribution in [0, 0.1) is 5.92 Å². The van der Waals surface area contributed by atoms with Crippen LogP contribution in [0.2, 0.25) is 0 Å². The minimum Gasteiger partial charge on any atom is -0.493 e. The number of hydrogen-bond acceptors (Lipinski definition) is 8. The highest BCUT2D eigenvalue weighted by Gasteiger charge is 2.31. The molecule has 6 rings (SSSR count). The number of methoxy groups -OCH3 is 3. The molecule has 11 heteroatoms. The average molecular weight is 718 g/mol. The third-order valence-corrected chi connectivity index (χ3v) is 10.1. The van der Waals surface area contributed by atoms with Crippen molar-refractivity contribution in [3.05, 3.63) is 112 Å². The Hall–Kier alpha value is -5.84. The first-order valence-electron chi connectivity index (χ1n) is 18.0. The van der Waals surface area contributed by atoms with Crippen molar-refractivity contribution < 1.29 is 23.8 Å². The minimum atomic E-state index is -0.755. The molecule has 0 saturated carbocycles. The van der Waals surface area contributed by atoms with Crippen LogP contribution in [-0.4, -0.2) is 49.2 Å². The zero-order valence-electron chi connectivity index (χ0n) is 31.0. The molecular formula is C42H47N5O6. The van der Waals surface area contributed by atoms with Gasteiger partial charge in [-0.1, -0.05) is 68.8 Å². The molecule has 53 heavy (non-hydrogen) atoms. The molecule has 5 aromatic rings. The summed E-state index contributed by atoms with van der Waals surface area (Å²) in [6.07, 6.45) is 2.31. The average Bonchev–Trinajstić information content (AvgIpc) is 3.47. The van der Waals surface area contributed by atoms with Crippen LogP contribution >= 0.6 is 0 Å². The summed E-state index contributed by atoms with van der Waals surface area (Å²) in [5.74, 6) is 1.44. The summed E-state index contributed by atoms with van der Waals surface area (Å²) in [6, 6.07) is 23.1. The third kappa shape index (κ3) is 7.84. The van der Waals surface area contributed by atoms with Gasteiger partial charge in [-0.3, -0.25) is 14.4 Å². The van der Waals surface area contributed by atoms with Gasteiger partial charge in [-0.2, -0.15) is 0 Å². The number of nitrogens with one attached hydrogen (secondary N) is 4. The first-order chi connectivity index (χ1) is 25.6. The largest absolute Gasteiger partial charge is 0.493 e. The van der Waals surface area contributed by atoms with E-state index >= 15 is 0 Å². The van der Waals surface area contributed by atoms with Crippen LogP contribution in [0.5, 0.6) is 17.2 Å². The molecule has 4 unspecified atom stereocenters. The number of benzene rings is 3. The number of H-pyrrole nitrogens is 1. The van der Waals surface area contributed by atoms with E-state index < -0.39 is 18.1 Å². The minimum absolute atomic E-state index is 0.143. The number of fused-ring (bicyclic) bond motifs is 4. The maximum absolute atomic E-state index is 14.4. The molecule has 4 aromatic carbocycles. The molecule has 276 valence electrons. The fourth-order valence-corrected chi connectivity index (χ4v) is 7.16. The van der Waals surface area contributed by atoms with Crippen molar-refractivity contribution in [2.75, 3.05) is 26.6 Å². The van der Waals surface area contributed by atoms with Gasteiger partial charge in [-0.25, -0.2) is 4.98 Å². The third-order valence-electron chi connectivity index (χ3n) is 10.1. The van der Waals surface area contributed by atoms with Gasteiger partial charge in [0.25, 0.3) is 0 Å². The predicted molar refractivity (Wildman–Crippen MR) is 207 cm³/mol. The van der Waals surface area contributed by atoms with Gasteiger partial charge >= 0.3 is 0 Å². The number of rotatable bonds is 13. The van der Waals surface area contributed by atoms with Crippen molar-refractivity contribution in [3.63, 3.8) is 0 Å². The van der Waals surface area contributed by atoms with E-state index in [0.29, 0.717) is 59.9 Å². The number of hydrogen-bond donors (Lipinski definition) is 4. The Labute approximate surface area is 309 Å². The highest BCUT2D eigenvalue weighted by molar-refractivity contribution is 5.87. The number of carbonyl (C=O) groups is 2. The molecule has 0 spiro atoms. The lowest BCUT2D eigenvalue weighted by Crippen LogP contribution is -2.46. The molecule has 1 aliphatic carbocycles. The van der Waals surface area contributed by atoms with Gasteiger partial charge < -0.3 is 35.1 Å². The monoisotopic (exact) mass is 717 g/mol. The molecule has 1 aromatic heterocycles. The van der Waals surface area contributed by atoms with Gasteiger partial charge in [0.1, 0.15) is 11.9 Å². The smallest absolute Gasteiger partial charge is 0.243 e. The quantitative estimate of drug-likeness (QED) is 0.106. The maximum atomic E-state index is 14.4. The number of amides is 2. The number of aryl methyl sites for hydroxylation is 1. The fourth-order valence-electron chi connectivity index (χ4n) is 7.16. The van der Waals surface area contributed by atoms with Gasteiger partial charge in [-0.15, -0.1) is 0 Å². The summed E-state index contributed by atoms with van der Waals surface area (Å²) >= 11 is 0. The lowest BCUT2D eigenvalue weighted by molar-refractivity contribution is -0.123. The molecular weight excluding hydrogens is 670 g/mol. The SMILES string of the molecule is CCC(C)C(Nc1ccc2c(cc1=O)C(NC(C)=O)CCc1cc(OC)c(OC)c(OC)c1-2)C(=O)NC(Cc1ccccc1)c1nc2ccccc2[nH]1. The molecule has 11 nitrogen and oxygen atoms in total. The van der Waals surface area contributed by atoms with Crippen molar-refractivity contribution >= 4 is 28.5 Å². The van der Waals surface area contributed by atoms with E-state index in [-0.39, 0.29) is 28.8 Å². The molecule has 1 heterocycles. The van der Waals surface area contributed by atoms with Gasteiger partial charge in [0.15, 0.2) is 11.5 Å². The van der Waals surface area contributed by atoms with E-state index in [2.05, 4.69) is 20.9 Å². The number of aromatic nitrogens is 2. The molecule has 0 aliphatic heterocycles. The van der Waals surface area contributed by atoms with Crippen LogP contribution in [0.4, 0.5) is 5.69 Å². The Morgan fingerprint density at radius 2 is 1.68 bits per heavy atom. The summed E-state index contributed by atoms with van der Waals surface area (Å²) in [6.45, 7) is 5.46. The number of ether oxygens (including phenoxy) is 3. The first kappa shape index (κ1) is 36.9. The number of carbonyl (C=O) groups excluding carboxylic acids is 2. The lowest BCUT2D eigenvalue weighted by atomic mass is 9.95. The van der Waals surface area contributed by atoms with Crippen LogP contribution in [0.3, 0.4) is 0 Å². The number of aromatic amines is 1. The van der Waals surface area contributed by atoms with E-state index in [1.807, 2.05) is 80.6 Å². The van der Waals surface area contributed by atoms with E-state index in [4.69, 9.17) is 19.2 Å². The van der Waals surface area contributed by atoms with Gasteiger partial charge in [0.2, 0.25) is 23.0 Å². The molecule has 0 radical (unpaired) electrons. The number of imidazole rings is 1. The second-order valence-electron chi connectivity index (χ2n) is 13.5. The summed E-state index contributed by atoms with van der Waals surface area (Å²) in [4.78, 5) is 49.2. The van der Waals surface area contributed by atoms with Crippen LogP contribution in [0.1, 0.15) is 68.2 Å². The molecule has 0 fully saturated rings. The second-order valence-corrected chi connectivity index (χ2v) is 13.5. The number of nitrogens with zero attached hydrogens (tertiary/aromatic N) is 1. The molecule has 4 N–H and O–H groups in total. The second kappa shape index (κ2) is 16.2. The van der Waals surface area contributed by atoms with Crippen molar-refractivity contribution in [1.82, 2.24) is 20.6 Å². The molecule has 4 atom stereocenters. The van der Waals surface area contributed by atoms with Gasteiger partial charge in [0, 0.05) is 12.5 Å². The van der Waals surface area contributed by atoms with Crippen molar-refractivity contribution in [1.29, 1.82) is 0 Å². The van der Waals surface area contributed by atoms with Crippen LogP contribution in [0.15, 0.2) is 83.7 Å². The molecule has 1 aliphatic rings. The summed E-state index contributed by atoms with van der Waals surface area (Å²) in [5.41, 5.74) is 5.69. The topological polar surface area (TPSA) is 144 Å². The summed E-state index contributed by atoms with van der Waals surface area (Å²) in [5, 5.41) is 9.64. The first-order valence-corrected chi connectivity index (χ1v) is 18.0. The standard InChI is InChI=1S/C42H47N5O6/c1-7-24(2)38(42(50)47-34(21-26-13-9-8-10-14-26)41-45-31-15-11-12-16-32(31)46-41)44-33-20-18-28-29(23-35(33)49)30(43-25(3)48)19-17-27-22-36(51-4)39(52-5)40(53-6)37(27)28/h8-16,18,20,22-24,30,34,38H,7,17,19,21H2,1-6H3,(H,43,48)(H,44,49)(H,45,46)(H,47,50). The Balaban J connectivity index is 1.41. The molecule has 0 saturated heterocycles. The zero-order valence-corrected chi connectivity index (χ0v) is 31.0. The van der Waals surface area contributed by atoms with Crippen LogP contribution < -0.4 is 35.6 Å². The van der Waals surface area contributed by atoms with E-state index in [9.17, 15) is 14.4 Å². The van der Waals surface area contributed by atoms with Gasteiger partial charge in [0.05, 0.1) is 50.1 Å². The summed E-state index contributed by atoms with van der Waals surface area (Å²) in [7, 11) is 4.68. The number of anilines is 1. The van der Waals surface area contributed by atoms with Gasteiger partial charge in [-0.05, 0) is 77.8 Å². The highest BCUT2D eigenvalue weighted by atomic mass is 16.5. The highest BCUT2D eigenvalue weighted by Crippen LogP contribution is 2.50. The van der Waals surface area contributed by atoms with Crippen molar-refractivity contribution in [2.24, 2.45) is 5.92 Å². The Morgan fingerprint density at radius 1 is 0.943 bits per heavy atom. The lowest BCUT2D eigenvalue weighted by Gasteiger charge is -2.26. The van der Waals surface area contributed by atoms with Crippen LogP contribution in [0.25, 0.3) is 22.2 Å². The van der Waals surface area contributed by atoms with Crippen molar-refractivity contribution in [3.8, 4) is 28.4 Å². The number of para-hydroxylation sites is 2.